The van der Waals surface area contributed by atoms with Crippen LogP contribution in [-0.2, 0) is 22.8 Å². The lowest BCUT2D eigenvalue weighted by molar-refractivity contribution is 0.527. The summed E-state index contributed by atoms with van der Waals surface area (Å²) in [5.74, 6) is 0.947. The molecule has 9 heteroatoms. The molecule has 5 rings (SSSR count). The Morgan fingerprint density at radius 1 is 1.13 bits per heavy atom. The number of nitrogens with one attached hydrogen (secondary N) is 1. The molecular formula is C21H26N6O2S. The van der Waals surface area contributed by atoms with Crippen LogP contribution in [0.2, 0.25) is 0 Å². The molecule has 0 unspecified atom stereocenters. The summed E-state index contributed by atoms with van der Waals surface area (Å²) in [6.45, 7) is 4.35. The Morgan fingerprint density at radius 3 is 2.70 bits per heavy atom. The third-order valence-electron chi connectivity index (χ3n) is 6.45. The molecule has 0 amide bonds. The molecule has 1 atom stereocenters. The van der Waals surface area contributed by atoms with E-state index in [1.54, 1.807) is 6.33 Å². The van der Waals surface area contributed by atoms with Gasteiger partial charge in [0.25, 0.3) is 0 Å². The number of H-pyrrole nitrogens is 1. The zero-order valence-corrected chi connectivity index (χ0v) is 18.1. The summed E-state index contributed by atoms with van der Waals surface area (Å²) in [7, 11) is -2.99. The van der Waals surface area contributed by atoms with E-state index in [0.717, 1.165) is 46.8 Å². The Balaban J connectivity index is 1.47. The summed E-state index contributed by atoms with van der Waals surface area (Å²) in [6, 6.07) is 4.44. The minimum absolute atomic E-state index is 0.248. The molecule has 0 radical (unpaired) electrons. The fraction of sp³-hybridized carbons (Fsp3) is 0.476. The van der Waals surface area contributed by atoms with Crippen LogP contribution < -0.4 is 9.80 Å². The van der Waals surface area contributed by atoms with Crippen molar-refractivity contribution >= 4 is 32.4 Å². The van der Waals surface area contributed by atoms with E-state index in [-0.39, 0.29) is 5.25 Å². The quantitative estimate of drug-likeness (QED) is 0.687. The second-order valence-corrected chi connectivity index (χ2v) is 10.7. The zero-order valence-electron chi connectivity index (χ0n) is 17.2. The van der Waals surface area contributed by atoms with Gasteiger partial charge in [-0.1, -0.05) is 0 Å². The number of fused-ring (bicyclic) bond motifs is 2. The second kappa shape index (κ2) is 7.23. The lowest BCUT2D eigenvalue weighted by Crippen LogP contribution is -2.43. The van der Waals surface area contributed by atoms with Crippen LogP contribution in [0.4, 0.5) is 11.5 Å². The average molecular weight is 427 g/mol. The minimum atomic E-state index is -2.99. The fourth-order valence-corrected chi connectivity index (χ4v) is 5.85. The maximum Gasteiger partial charge on any atom is 0.150 e. The highest BCUT2D eigenvalue weighted by Crippen LogP contribution is 2.35. The zero-order chi connectivity index (χ0) is 20.9. The van der Waals surface area contributed by atoms with Crippen LogP contribution >= 0.6 is 0 Å². The van der Waals surface area contributed by atoms with E-state index in [9.17, 15) is 8.42 Å². The smallest absolute Gasteiger partial charge is 0.150 e. The van der Waals surface area contributed by atoms with Gasteiger partial charge in [0.2, 0.25) is 0 Å². The Bertz CT molecular complexity index is 1180. The molecule has 30 heavy (non-hydrogen) atoms. The van der Waals surface area contributed by atoms with Gasteiger partial charge in [0.1, 0.15) is 27.6 Å². The van der Waals surface area contributed by atoms with Crippen LogP contribution in [0.5, 0.6) is 0 Å². The molecule has 158 valence electrons. The van der Waals surface area contributed by atoms with Gasteiger partial charge in [-0.05, 0) is 31.9 Å². The second-order valence-electron chi connectivity index (χ2n) is 8.39. The van der Waals surface area contributed by atoms with E-state index < -0.39 is 9.84 Å². The number of rotatable bonds is 3. The minimum Gasteiger partial charge on any atom is -0.363 e. The first-order valence-corrected chi connectivity index (χ1v) is 12.3. The summed E-state index contributed by atoms with van der Waals surface area (Å²) in [5.41, 5.74) is 4.28. The predicted molar refractivity (Wildman–Crippen MR) is 118 cm³/mol. The normalized spacial score (nSPS) is 20.5. The number of hydrogen-bond acceptors (Lipinski definition) is 7. The topological polar surface area (TPSA) is 95.1 Å². The van der Waals surface area contributed by atoms with Gasteiger partial charge in [-0.25, -0.2) is 23.4 Å². The van der Waals surface area contributed by atoms with Gasteiger partial charge < -0.3 is 14.8 Å². The largest absolute Gasteiger partial charge is 0.363 e. The third kappa shape index (κ3) is 3.30. The Labute approximate surface area is 176 Å². The van der Waals surface area contributed by atoms with Crippen LogP contribution in [0.25, 0.3) is 11.0 Å². The molecule has 1 saturated heterocycles. The highest BCUT2D eigenvalue weighted by molar-refractivity contribution is 7.91. The highest BCUT2D eigenvalue weighted by atomic mass is 32.2. The number of piperidine rings is 1. The highest BCUT2D eigenvalue weighted by Gasteiger charge is 2.32. The van der Waals surface area contributed by atoms with Gasteiger partial charge in [-0.3, -0.25) is 0 Å². The van der Waals surface area contributed by atoms with E-state index >= 15 is 0 Å². The Morgan fingerprint density at radius 2 is 1.93 bits per heavy atom. The van der Waals surface area contributed by atoms with Crippen molar-refractivity contribution in [1.29, 1.82) is 0 Å². The van der Waals surface area contributed by atoms with Crippen molar-refractivity contribution in [3.63, 3.8) is 0 Å². The summed E-state index contributed by atoms with van der Waals surface area (Å²) < 4.78 is 23.8. The number of pyridine rings is 1. The maximum absolute atomic E-state index is 11.9. The van der Waals surface area contributed by atoms with Crippen molar-refractivity contribution < 1.29 is 8.42 Å². The molecule has 0 bridgehead atoms. The third-order valence-corrected chi connectivity index (χ3v) is 8.14. The fourth-order valence-electron chi connectivity index (χ4n) is 4.78. The van der Waals surface area contributed by atoms with Gasteiger partial charge >= 0.3 is 0 Å². The molecule has 0 aromatic carbocycles. The number of anilines is 2. The standard InChI is InChI=1S/C21H26N6O2S/c1-14-11-18-17(12-27(14)19-4-8-23-20-16(19)3-7-22-20)21(25-13-24-18)26-9-5-15(6-10-26)30(2,28)29/h3-4,7-8,13-15H,5-6,9-12H2,1-2H3,(H,22,23)/t14-/m1/s1. The van der Waals surface area contributed by atoms with Gasteiger partial charge in [0.15, 0.2) is 0 Å². The lowest BCUT2D eigenvalue weighted by Gasteiger charge is -2.39. The molecule has 1 fully saturated rings. The van der Waals surface area contributed by atoms with Crippen molar-refractivity contribution in [2.75, 3.05) is 29.1 Å². The van der Waals surface area contributed by atoms with Crippen molar-refractivity contribution in [3.8, 4) is 0 Å². The Kier molecular flexibility index (Phi) is 4.65. The van der Waals surface area contributed by atoms with Crippen molar-refractivity contribution in [2.45, 2.75) is 44.0 Å². The van der Waals surface area contributed by atoms with Crippen LogP contribution in [0.3, 0.4) is 0 Å². The van der Waals surface area contributed by atoms with E-state index in [0.29, 0.717) is 32.0 Å². The molecule has 1 N–H and O–H groups in total. The maximum atomic E-state index is 11.9. The molecule has 3 aromatic rings. The first-order chi connectivity index (χ1) is 14.4. The molecule has 2 aliphatic rings. The molecular weight excluding hydrogens is 400 g/mol. The average Bonchev–Trinajstić information content (AvgIpc) is 3.21. The molecule has 8 nitrogen and oxygen atoms in total. The molecule has 3 aromatic heterocycles. The van der Waals surface area contributed by atoms with E-state index in [2.05, 4.69) is 48.8 Å². The van der Waals surface area contributed by atoms with Gasteiger partial charge in [-0.2, -0.15) is 0 Å². The number of hydrogen-bond donors (Lipinski definition) is 1. The monoisotopic (exact) mass is 426 g/mol. The van der Waals surface area contributed by atoms with Crippen LogP contribution in [-0.4, -0.2) is 59.0 Å². The van der Waals surface area contributed by atoms with Crippen LogP contribution in [0.15, 0.2) is 30.9 Å². The molecule has 0 spiro atoms. The number of sulfone groups is 1. The van der Waals surface area contributed by atoms with Crippen LogP contribution in [0.1, 0.15) is 31.0 Å². The summed E-state index contributed by atoms with van der Waals surface area (Å²) in [6.07, 6.45) is 8.89. The predicted octanol–water partition coefficient (Wildman–Crippen LogP) is 2.32. The first-order valence-electron chi connectivity index (χ1n) is 10.4. The first kappa shape index (κ1) is 19.3. The van der Waals surface area contributed by atoms with Crippen LogP contribution in [0, 0.1) is 0 Å². The molecule has 2 aliphatic heterocycles. The molecule has 5 heterocycles. The summed E-state index contributed by atoms with van der Waals surface area (Å²) in [5, 5.41) is 0.863. The molecule has 0 aliphatic carbocycles. The van der Waals surface area contributed by atoms with Gasteiger partial charge in [0.05, 0.1) is 10.9 Å². The van der Waals surface area contributed by atoms with E-state index in [1.165, 1.54) is 6.26 Å². The van der Waals surface area contributed by atoms with E-state index in [4.69, 9.17) is 0 Å². The van der Waals surface area contributed by atoms with Crippen molar-refractivity contribution in [3.05, 3.63) is 42.1 Å². The SMILES string of the molecule is C[C@@H]1Cc2ncnc(N3CCC(S(C)(=O)=O)CC3)c2CN1c1ccnc2[nH]ccc12. The van der Waals surface area contributed by atoms with Gasteiger partial charge in [-0.15, -0.1) is 0 Å². The number of nitrogens with zero attached hydrogens (tertiary/aromatic N) is 5. The summed E-state index contributed by atoms with van der Waals surface area (Å²) in [4.78, 5) is 21.5. The summed E-state index contributed by atoms with van der Waals surface area (Å²) >= 11 is 0. The van der Waals surface area contributed by atoms with Crippen molar-refractivity contribution in [1.82, 2.24) is 19.9 Å². The number of aromatic amines is 1. The lowest BCUT2D eigenvalue weighted by atomic mass is 9.98. The van der Waals surface area contributed by atoms with E-state index in [1.807, 2.05) is 12.4 Å². The number of aromatic nitrogens is 4. The van der Waals surface area contributed by atoms with Gasteiger partial charge in [0, 0.05) is 67.4 Å². The van der Waals surface area contributed by atoms with Crippen molar-refractivity contribution in [2.24, 2.45) is 0 Å². The Hall–Kier alpha value is -2.68. The molecule has 0 saturated carbocycles.